The molecule has 0 bridgehead atoms. The highest BCUT2D eigenvalue weighted by molar-refractivity contribution is 7.19. The summed E-state index contributed by atoms with van der Waals surface area (Å²) in [6, 6.07) is 70.6. The van der Waals surface area contributed by atoms with Crippen molar-refractivity contribution in [3.05, 3.63) is 223 Å². The molecule has 8 aromatic carbocycles. The normalized spacial score (nSPS) is 12.8. The summed E-state index contributed by atoms with van der Waals surface area (Å²) in [5, 5.41) is 5.05. The first-order valence-corrected chi connectivity index (χ1v) is 21.3. The zero-order valence-corrected chi connectivity index (χ0v) is 32.3. The standard InChI is InChI=1S/C52H35F2N3Si/c53-52(54)47-34-39(36-26-30-44(31-27-36)58(41-20-10-3-11-21-41,42-22-12-4-13-23-42)43-24-14-5-15-25-43)28-32-45(47)46-33-29-40(35-48(46)52)51-56-49(37-16-6-1-7-17-37)55-50(57-51)38-18-8-2-9-19-38/h1-35H/q-1. The zero-order chi connectivity index (χ0) is 39.1. The van der Waals surface area contributed by atoms with Crippen molar-refractivity contribution in [3.8, 4) is 56.4 Å². The molecule has 0 fully saturated rings. The highest BCUT2D eigenvalue weighted by Gasteiger charge is 2.45. The summed E-state index contributed by atoms with van der Waals surface area (Å²) in [6.07, 6.45) is 0. The number of hydrogen-bond acceptors (Lipinski definition) is 3. The number of benzene rings is 8. The van der Waals surface area contributed by atoms with E-state index in [1.165, 1.54) is 20.7 Å². The van der Waals surface area contributed by atoms with Gasteiger partial charge in [0.05, 0.1) is 0 Å². The third kappa shape index (κ3) is 5.97. The Morgan fingerprint density at radius 2 is 0.638 bits per heavy atom. The van der Waals surface area contributed by atoms with Crippen molar-refractivity contribution in [2.45, 2.75) is 5.92 Å². The lowest BCUT2D eigenvalue weighted by Crippen LogP contribution is -2.74. The van der Waals surface area contributed by atoms with E-state index in [9.17, 15) is 0 Å². The summed E-state index contributed by atoms with van der Waals surface area (Å²) >= 11 is 0. The lowest BCUT2D eigenvalue weighted by atomic mass is 9.98. The minimum absolute atomic E-state index is 0.00611. The maximum atomic E-state index is 16.7. The second-order valence-electron chi connectivity index (χ2n) is 14.6. The average molecular weight is 768 g/mol. The van der Waals surface area contributed by atoms with Crippen molar-refractivity contribution < 1.29 is 8.78 Å². The molecule has 0 aliphatic heterocycles. The highest BCUT2D eigenvalue weighted by Crippen LogP contribution is 2.52. The van der Waals surface area contributed by atoms with E-state index in [1.807, 2.05) is 78.9 Å². The van der Waals surface area contributed by atoms with Gasteiger partial charge in [0.25, 0.3) is 5.92 Å². The number of aromatic nitrogens is 3. The molecule has 0 saturated carbocycles. The number of halogens is 2. The van der Waals surface area contributed by atoms with Crippen LogP contribution in [0.25, 0.3) is 56.4 Å². The van der Waals surface area contributed by atoms with Gasteiger partial charge in [0.2, 0.25) is 0 Å². The smallest absolute Gasteiger partial charge is 0.208 e. The molecule has 3 nitrogen and oxygen atoms in total. The van der Waals surface area contributed by atoms with Crippen LogP contribution in [0, 0.1) is 0 Å². The molecule has 1 heterocycles. The number of nitrogens with zero attached hydrogens (tertiary/aromatic N) is 3. The molecule has 0 amide bonds. The van der Waals surface area contributed by atoms with Gasteiger partial charge in [0.1, 0.15) is 0 Å². The Balaban J connectivity index is 1.03. The molecule has 0 saturated heterocycles. The van der Waals surface area contributed by atoms with Crippen molar-refractivity contribution in [1.82, 2.24) is 15.0 Å². The minimum Gasteiger partial charge on any atom is -0.208 e. The zero-order valence-electron chi connectivity index (χ0n) is 31.3. The lowest BCUT2D eigenvalue weighted by molar-refractivity contribution is 0.0481. The monoisotopic (exact) mass is 767 g/mol. The van der Waals surface area contributed by atoms with Crippen LogP contribution in [0.4, 0.5) is 8.78 Å². The first-order valence-electron chi connectivity index (χ1n) is 19.3. The van der Waals surface area contributed by atoms with Gasteiger partial charge < -0.3 is 0 Å². The average Bonchev–Trinajstić information content (AvgIpc) is 3.53. The number of rotatable bonds is 8. The lowest BCUT2D eigenvalue weighted by Gasteiger charge is -2.47. The van der Waals surface area contributed by atoms with Crippen LogP contribution in [0.15, 0.2) is 212 Å². The molecule has 0 N–H and O–H groups in total. The van der Waals surface area contributed by atoms with Crippen molar-refractivity contribution in [2.75, 3.05) is 0 Å². The van der Waals surface area contributed by atoms with Crippen LogP contribution in [0.3, 0.4) is 0 Å². The van der Waals surface area contributed by atoms with E-state index < -0.39 is 14.0 Å². The van der Waals surface area contributed by atoms with E-state index in [0.29, 0.717) is 34.2 Å². The number of alkyl halides is 2. The fourth-order valence-electron chi connectivity index (χ4n) is 8.46. The molecule has 0 spiro atoms. The Morgan fingerprint density at radius 3 is 1.07 bits per heavy atom. The van der Waals surface area contributed by atoms with Gasteiger partial charge in [0.15, 0.2) is 17.5 Å². The van der Waals surface area contributed by atoms with Crippen molar-refractivity contribution in [1.29, 1.82) is 0 Å². The van der Waals surface area contributed by atoms with E-state index in [4.69, 9.17) is 15.0 Å². The molecule has 277 valence electrons. The van der Waals surface area contributed by atoms with Gasteiger partial charge in [-0.1, -0.05) is 200 Å². The van der Waals surface area contributed by atoms with E-state index in [2.05, 4.69) is 115 Å². The Morgan fingerprint density at radius 1 is 0.310 bits per heavy atom. The predicted octanol–water partition coefficient (Wildman–Crippen LogP) is 10.0. The molecule has 0 radical (unpaired) electrons. The SMILES string of the molecule is FC1(F)c2cc(-c3ccc([Si-](c4ccccc4)(c4ccccc4)c4ccccc4)cc3)ccc2-c2ccc(-c3nc(-c4ccccc4)nc(-c4ccccc4)n3)cc21. The molecule has 10 rings (SSSR count). The maximum absolute atomic E-state index is 16.7. The first kappa shape index (κ1) is 35.3. The molecule has 0 atom stereocenters. The van der Waals surface area contributed by atoms with Crippen LogP contribution in [0.2, 0.25) is 0 Å². The summed E-state index contributed by atoms with van der Waals surface area (Å²) < 4.78 is 33.5. The van der Waals surface area contributed by atoms with Crippen LogP contribution in [0.1, 0.15) is 11.1 Å². The molecule has 9 aromatic rings. The van der Waals surface area contributed by atoms with Gasteiger partial charge in [-0.15, -0.1) is 0 Å². The number of hydrogen-bond donors (Lipinski definition) is 0. The summed E-state index contributed by atoms with van der Waals surface area (Å²) in [6.45, 7) is 0. The van der Waals surface area contributed by atoms with Crippen LogP contribution in [-0.2, 0) is 5.92 Å². The fraction of sp³-hybridized carbons (Fsp3) is 0.0192. The quantitative estimate of drug-likeness (QED) is 0.114. The molecule has 6 heteroatoms. The van der Waals surface area contributed by atoms with Gasteiger partial charge in [-0.3, -0.25) is 0 Å². The maximum Gasteiger partial charge on any atom is 0.299 e. The van der Waals surface area contributed by atoms with Crippen molar-refractivity contribution in [3.63, 3.8) is 0 Å². The molecular formula is C52H35F2N3Si-. The second-order valence-corrected chi connectivity index (χ2v) is 18.4. The molecule has 0 unspecified atom stereocenters. The van der Waals surface area contributed by atoms with E-state index >= 15 is 8.78 Å². The molecule has 1 aliphatic rings. The third-order valence-corrected chi connectivity index (χ3v) is 16.0. The van der Waals surface area contributed by atoms with Crippen molar-refractivity contribution in [2.24, 2.45) is 0 Å². The largest absolute Gasteiger partial charge is 0.299 e. The Labute approximate surface area is 337 Å². The fourth-order valence-corrected chi connectivity index (χ4v) is 13.2. The van der Waals surface area contributed by atoms with E-state index in [1.54, 1.807) is 18.2 Å². The molecular weight excluding hydrogens is 733 g/mol. The molecule has 58 heavy (non-hydrogen) atoms. The summed E-state index contributed by atoms with van der Waals surface area (Å²) in [7, 11) is -2.72. The number of fused-ring (bicyclic) bond motifs is 3. The predicted molar refractivity (Wildman–Crippen MR) is 234 cm³/mol. The summed E-state index contributed by atoms with van der Waals surface area (Å²) in [5.74, 6) is -1.94. The van der Waals surface area contributed by atoms with Crippen LogP contribution in [0.5, 0.6) is 0 Å². The second kappa shape index (κ2) is 14.4. The Kier molecular flexibility index (Phi) is 8.76. The third-order valence-electron chi connectivity index (χ3n) is 11.2. The van der Waals surface area contributed by atoms with Gasteiger partial charge in [-0.05, 0) is 42.5 Å². The van der Waals surface area contributed by atoms with Gasteiger partial charge in [-0.2, -0.15) is 29.5 Å². The molecule has 1 aromatic heterocycles. The van der Waals surface area contributed by atoms with Gasteiger partial charge in [-0.25, -0.2) is 15.0 Å². The van der Waals surface area contributed by atoms with Crippen LogP contribution in [-0.4, -0.2) is 23.0 Å². The minimum atomic E-state index is -3.23. The van der Waals surface area contributed by atoms with E-state index in [-0.39, 0.29) is 11.1 Å². The van der Waals surface area contributed by atoms with E-state index in [0.717, 1.165) is 22.3 Å². The summed E-state index contributed by atoms with van der Waals surface area (Å²) in [4.78, 5) is 14.4. The highest BCUT2D eigenvalue weighted by atomic mass is 28.3. The topological polar surface area (TPSA) is 38.7 Å². The first-order chi connectivity index (χ1) is 28.5. The molecule has 1 aliphatic carbocycles. The van der Waals surface area contributed by atoms with Crippen LogP contribution < -0.4 is 20.7 Å². The van der Waals surface area contributed by atoms with Crippen molar-refractivity contribution >= 4 is 28.8 Å². The van der Waals surface area contributed by atoms with Crippen LogP contribution >= 0.6 is 0 Å². The van der Waals surface area contributed by atoms with Gasteiger partial charge >= 0.3 is 0 Å². The Bertz CT molecular complexity index is 2740. The summed E-state index contributed by atoms with van der Waals surface area (Å²) in [5.41, 5.74) is 4.73. The Hall–Kier alpha value is -7.15. The van der Waals surface area contributed by atoms with Gasteiger partial charge in [0, 0.05) is 27.8 Å².